The fourth-order valence-corrected chi connectivity index (χ4v) is 4.22. The second kappa shape index (κ2) is 9.01. The summed E-state index contributed by atoms with van der Waals surface area (Å²) in [5.41, 5.74) is 6.12. The molecule has 4 nitrogen and oxygen atoms in total. The van der Waals surface area contributed by atoms with Crippen molar-refractivity contribution in [3.63, 3.8) is 0 Å². The van der Waals surface area contributed by atoms with E-state index in [1.54, 1.807) is 0 Å². The fourth-order valence-electron chi connectivity index (χ4n) is 4.10. The number of unbranched alkanes of at least 4 members (excludes halogenated alkanes) is 2. The lowest BCUT2D eigenvalue weighted by Crippen LogP contribution is -2.01. The van der Waals surface area contributed by atoms with Gasteiger partial charge < -0.3 is 4.57 Å². The van der Waals surface area contributed by atoms with Crippen molar-refractivity contribution < 1.29 is 0 Å². The van der Waals surface area contributed by atoms with Crippen LogP contribution < -0.4 is 0 Å². The summed E-state index contributed by atoms with van der Waals surface area (Å²) in [6.45, 7) is 3.16. The molecule has 160 valence electrons. The van der Waals surface area contributed by atoms with Crippen LogP contribution in [-0.4, -0.2) is 19.3 Å². The second-order valence-electron chi connectivity index (χ2n) is 7.96. The summed E-state index contributed by atoms with van der Waals surface area (Å²) < 4.78 is 4.28. The fraction of sp³-hybridized carbons (Fsp3) is 0.185. The first-order valence-corrected chi connectivity index (χ1v) is 11.5. The predicted molar refractivity (Wildman–Crippen MR) is 132 cm³/mol. The van der Waals surface area contributed by atoms with Crippen molar-refractivity contribution in [1.29, 1.82) is 0 Å². The average Bonchev–Trinajstić information content (AvgIpc) is 3.43. The molecule has 0 aliphatic carbocycles. The minimum absolute atomic E-state index is 0.713. The van der Waals surface area contributed by atoms with E-state index in [0.29, 0.717) is 5.02 Å². The Morgan fingerprint density at radius 3 is 2.38 bits per heavy atom. The van der Waals surface area contributed by atoms with Crippen molar-refractivity contribution in [2.45, 2.75) is 32.7 Å². The molecule has 0 aliphatic rings. The van der Waals surface area contributed by atoms with Gasteiger partial charge in [0.2, 0.25) is 0 Å². The van der Waals surface area contributed by atoms with Gasteiger partial charge in [0.1, 0.15) is 11.5 Å². The van der Waals surface area contributed by atoms with Crippen LogP contribution in [-0.2, 0) is 6.54 Å². The third-order valence-corrected chi connectivity index (χ3v) is 5.99. The first-order valence-electron chi connectivity index (χ1n) is 11.1. The predicted octanol–water partition coefficient (Wildman–Crippen LogP) is 7.40. The van der Waals surface area contributed by atoms with Crippen LogP contribution in [0.5, 0.6) is 0 Å². The maximum atomic E-state index is 6.16. The highest BCUT2D eigenvalue weighted by atomic mass is 35.5. The van der Waals surface area contributed by atoms with Gasteiger partial charge in [-0.2, -0.15) is 5.10 Å². The Labute approximate surface area is 193 Å². The summed E-state index contributed by atoms with van der Waals surface area (Å²) in [6.07, 6.45) is 5.59. The van der Waals surface area contributed by atoms with Gasteiger partial charge in [0.25, 0.3) is 0 Å². The highest BCUT2D eigenvalue weighted by Gasteiger charge is 2.20. The van der Waals surface area contributed by atoms with Crippen LogP contribution in [0, 0.1) is 0 Å². The number of imidazole rings is 1. The van der Waals surface area contributed by atoms with Gasteiger partial charge in [-0.15, -0.1) is 0 Å². The van der Waals surface area contributed by atoms with E-state index >= 15 is 0 Å². The van der Waals surface area contributed by atoms with E-state index < -0.39 is 0 Å². The van der Waals surface area contributed by atoms with Crippen molar-refractivity contribution in [1.82, 2.24) is 19.3 Å². The Morgan fingerprint density at radius 2 is 1.59 bits per heavy atom. The zero-order chi connectivity index (χ0) is 21.9. The number of benzene rings is 3. The zero-order valence-electron chi connectivity index (χ0n) is 18.1. The average molecular weight is 441 g/mol. The number of fused-ring (bicyclic) bond motifs is 1. The van der Waals surface area contributed by atoms with Crippen LogP contribution in [0.15, 0.2) is 85.1 Å². The second-order valence-corrected chi connectivity index (χ2v) is 8.40. The Bertz CT molecular complexity index is 1330. The Balaban J connectivity index is 1.72. The van der Waals surface area contributed by atoms with E-state index in [9.17, 15) is 0 Å². The quantitative estimate of drug-likeness (QED) is 0.247. The van der Waals surface area contributed by atoms with Crippen molar-refractivity contribution in [3.8, 4) is 28.3 Å². The smallest absolute Gasteiger partial charge is 0.144 e. The number of halogens is 1. The molecule has 2 heterocycles. The monoisotopic (exact) mass is 440 g/mol. The molecule has 0 bridgehead atoms. The van der Waals surface area contributed by atoms with Crippen molar-refractivity contribution in [2.24, 2.45) is 0 Å². The summed E-state index contributed by atoms with van der Waals surface area (Å²) in [4.78, 5) is 5.06. The van der Waals surface area contributed by atoms with Gasteiger partial charge in [-0.1, -0.05) is 73.8 Å². The van der Waals surface area contributed by atoms with Gasteiger partial charge in [-0.25, -0.2) is 9.67 Å². The van der Waals surface area contributed by atoms with E-state index in [2.05, 4.69) is 48.0 Å². The zero-order valence-corrected chi connectivity index (χ0v) is 18.8. The largest absolute Gasteiger partial charge is 0.324 e. The molecule has 2 aromatic heterocycles. The SMILES string of the molecule is CCCCCn1c(-c2cn(-c3ccccc3)nc2-c2ccc(Cl)cc2)nc2ccccc21. The molecule has 5 heteroatoms. The topological polar surface area (TPSA) is 35.6 Å². The van der Waals surface area contributed by atoms with Crippen molar-refractivity contribution >= 4 is 22.6 Å². The number of hydrogen-bond acceptors (Lipinski definition) is 2. The Morgan fingerprint density at radius 1 is 0.844 bits per heavy atom. The molecule has 0 N–H and O–H groups in total. The number of aromatic nitrogens is 4. The number of rotatable bonds is 7. The van der Waals surface area contributed by atoms with Gasteiger partial charge >= 0.3 is 0 Å². The van der Waals surface area contributed by atoms with Gasteiger partial charge in [-0.3, -0.25) is 0 Å². The molecule has 0 spiro atoms. The lowest BCUT2D eigenvalue weighted by atomic mass is 10.1. The van der Waals surface area contributed by atoms with E-state index in [0.717, 1.165) is 52.3 Å². The van der Waals surface area contributed by atoms with E-state index in [1.165, 1.54) is 12.8 Å². The van der Waals surface area contributed by atoms with E-state index in [-0.39, 0.29) is 0 Å². The maximum absolute atomic E-state index is 6.16. The molecule has 0 saturated heterocycles. The van der Waals surface area contributed by atoms with Crippen LogP contribution in [0.1, 0.15) is 26.2 Å². The van der Waals surface area contributed by atoms with Gasteiger partial charge in [0.05, 0.1) is 22.3 Å². The molecule has 0 amide bonds. The van der Waals surface area contributed by atoms with E-state index in [4.69, 9.17) is 21.7 Å². The standard InChI is InChI=1S/C27H25ClN4/c1-2-3-9-18-31-25-13-8-7-12-24(25)29-27(31)23-19-32(22-10-5-4-6-11-22)30-26(23)20-14-16-21(28)17-15-20/h4-8,10-17,19H,2-3,9,18H2,1H3. The van der Waals surface area contributed by atoms with Crippen LogP contribution in [0.4, 0.5) is 0 Å². The van der Waals surface area contributed by atoms with Crippen LogP contribution in [0.2, 0.25) is 5.02 Å². The lowest BCUT2D eigenvalue weighted by molar-refractivity contribution is 0.617. The van der Waals surface area contributed by atoms with Gasteiger partial charge in [-0.05, 0) is 42.8 Å². The Hall–Kier alpha value is -3.37. The number of para-hydroxylation sites is 3. The number of hydrogen-bond donors (Lipinski definition) is 0. The van der Waals surface area contributed by atoms with Gasteiger partial charge in [0.15, 0.2) is 0 Å². The minimum Gasteiger partial charge on any atom is -0.324 e. The summed E-state index contributed by atoms with van der Waals surface area (Å²) in [7, 11) is 0. The first kappa shape index (κ1) is 20.5. The van der Waals surface area contributed by atoms with E-state index in [1.807, 2.05) is 53.2 Å². The number of nitrogens with zero attached hydrogens (tertiary/aromatic N) is 4. The van der Waals surface area contributed by atoms with Crippen molar-refractivity contribution in [2.75, 3.05) is 0 Å². The normalized spacial score (nSPS) is 11.3. The molecular weight excluding hydrogens is 416 g/mol. The Kier molecular flexibility index (Phi) is 5.78. The summed E-state index contributed by atoms with van der Waals surface area (Å²) in [6, 6.07) is 26.4. The third-order valence-electron chi connectivity index (χ3n) is 5.73. The molecule has 0 saturated carbocycles. The molecule has 5 aromatic rings. The summed E-state index contributed by atoms with van der Waals surface area (Å²) >= 11 is 6.16. The highest BCUT2D eigenvalue weighted by molar-refractivity contribution is 6.30. The highest BCUT2D eigenvalue weighted by Crippen LogP contribution is 2.34. The van der Waals surface area contributed by atoms with Crippen LogP contribution in [0.25, 0.3) is 39.4 Å². The summed E-state index contributed by atoms with van der Waals surface area (Å²) in [5.74, 6) is 0.953. The molecule has 0 radical (unpaired) electrons. The van der Waals surface area contributed by atoms with Gasteiger partial charge in [0, 0.05) is 23.3 Å². The summed E-state index contributed by atoms with van der Waals surface area (Å²) in [5, 5.41) is 5.70. The maximum Gasteiger partial charge on any atom is 0.144 e. The molecule has 0 atom stereocenters. The molecule has 0 unspecified atom stereocenters. The van der Waals surface area contributed by atoms with Crippen LogP contribution in [0.3, 0.4) is 0 Å². The molecule has 32 heavy (non-hydrogen) atoms. The first-order chi connectivity index (χ1) is 15.7. The van der Waals surface area contributed by atoms with Crippen LogP contribution >= 0.6 is 11.6 Å². The molecule has 3 aromatic carbocycles. The molecule has 0 fully saturated rings. The van der Waals surface area contributed by atoms with Crippen molar-refractivity contribution in [3.05, 3.63) is 90.1 Å². The minimum atomic E-state index is 0.713. The molecule has 0 aliphatic heterocycles. The lowest BCUT2D eigenvalue weighted by Gasteiger charge is -2.09. The molecular formula is C27H25ClN4. The third kappa shape index (κ3) is 3.94. The number of aryl methyl sites for hydroxylation is 1. The molecule has 5 rings (SSSR count).